The van der Waals surface area contributed by atoms with Crippen molar-refractivity contribution in [3.63, 3.8) is 0 Å². The fourth-order valence-electron chi connectivity index (χ4n) is 5.34. The van der Waals surface area contributed by atoms with E-state index in [0.717, 1.165) is 25.7 Å². The van der Waals surface area contributed by atoms with Gasteiger partial charge in [0.2, 0.25) is 11.8 Å². The first kappa shape index (κ1) is 23.1. The van der Waals surface area contributed by atoms with Crippen molar-refractivity contribution in [3.8, 4) is 5.88 Å². The molecule has 4 heterocycles. The van der Waals surface area contributed by atoms with Crippen LogP contribution in [-0.4, -0.2) is 50.2 Å². The van der Waals surface area contributed by atoms with Crippen LogP contribution in [0.5, 0.6) is 5.88 Å². The molecule has 37 heavy (non-hydrogen) atoms. The molecule has 0 saturated heterocycles. The van der Waals surface area contributed by atoms with Gasteiger partial charge in [0.1, 0.15) is 17.2 Å². The summed E-state index contributed by atoms with van der Waals surface area (Å²) in [5.74, 6) is 0.954. The second kappa shape index (κ2) is 9.30. The number of aromatic amines is 1. The average molecular weight is 503 g/mol. The number of nitrogens with one attached hydrogen (secondary N) is 2. The van der Waals surface area contributed by atoms with Gasteiger partial charge in [0.15, 0.2) is 11.6 Å². The highest BCUT2D eigenvalue weighted by Gasteiger charge is 2.41. The fraction of sp³-hybridized carbons (Fsp3) is 0.346. The average Bonchev–Trinajstić information content (AvgIpc) is 3.40. The third-order valence-corrected chi connectivity index (χ3v) is 7.14. The number of aromatic nitrogens is 5. The Morgan fingerprint density at radius 2 is 1.95 bits per heavy atom. The van der Waals surface area contributed by atoms with Crippen LogP contribution in [0.25, 0.3) is 10.9 Å². The Morgan fingerprint density at radius 3 is 2.70 bits per heavy atom. The number of halogens is 1. The second-order valence-electron chi connectivity index (χ2n) is 9.43. The number of fused-ring (bicyclic) bond motifs is 2. The highest BCUT2D eigenvalue weighted by atomic mass is 19.1. The van der Waals surface area contributed by atoms with E-state index >= 15 is 0 Å². The molecule has 3 aromatic heterocycles. The molecule has 10 nitrogen and oxygen atoms in total. The van der Waals surface area contributed by atoms with Gasteiger partial charge in [-0.05, 0) is 38.0 Å². The highest BCUT2D eigenvalue weighted by molar-refractivity contribution is 6.09. The molecule has 1 aliphatic carbocycles. The molecule has 6 rings (SSSR count). The molecule has 2 N–H and O–H groups in total. The number of carbonyl (C=O) groups is 1. The molecule has 11 heteroatoms. The van der Waals surface area contributed by atoms with Crippen molar-refractivity contribution in [2.45, 2.75) is 51.1 Å². The number of carbonyl (C=O) groups excluding carboxylic acids is 1. The zero-order valence-electron chi connectivity index (χ0n) is 20.6. The maximum atomic E-state index is 14.5. The van der Waals surface area contributed by atoms with E-state index in [9.17, 15) is 9.18 Å². The van der Waals surface area contributed by atoms with E-state index in [1.807, 2.05) is 6.92 Å². The van der Waals surface area contributed by atoms with Crippen molar-refractivity contribution in [3.05, 3.63) is 48.7 Å². The number of benzene rings is 1. The van der Waals surface area contributed by atoms with Gasteiger partial charge in [0, 0.05) is 23.2 Å². The molecule has 0 unspecified atom stereocenters. The molecule has 1 saturated carbocycles. The van der Waals surface area contributed by atoms with Crippen molar-refractivity contribution >= 4 is 45.6 Å². The summed E-state index contributed by atoms with van der Waals surface area (Å²) in [5.41, 5.74) is 2.05. The Hall–Kier alpha value is -4.28. The number of nitrogens with zero attached hydrogens (tertiary/aromatic N) is 6. The monoisotopic (exact) mass is 502 g/mol. The molecular formula is C26H27FN8O2. The number of H-pyrrole nitrogens is 1. The van der Waals surface area contributed by atoms with Crippen molar-refractivity contribution in [2.24, 2.45) is 0 Å². The SMILES string of the molecule is COc1ccc(N2C(=O)[C@@H](C)N(C3CCCCC3)c3nc(Nc4cc(F)c5[nH]ncc5c4)ncc32)cn1. The predicted octanol–water partition coefficient (Wildman–Crippen LogP) is 4.85. The van der Waals surface area contributed by atoms with Crippen LogP contribution >= 0.6 is 0 Å². The highest BCUT2D eigenvalue weighted by Crippen LogP contribution is 2.42. The van der Waals surface area contributed by atoms with Gasteiger partial charge in [-0.15, -0.1) is 0 Å². The van der Waals surface area contributed by atoms with E-state index in [-0.39, 0.29) is 11.9 Å². The van der Waals surface area contributed by atoms with Crippen molar-refractivity contribution in [2.75, 3.05) is 22.2 Å². The molecule has 4 aromatic rings. The minimum Gasteiger partial charge on any atom is -0.481 e. The third kappa shape index (κ3) is 4.09. The van der Waals surface area contributed by atoms with Gasteiger partial charge in [-0.2, -0.15) is 10.1 Å². The molecule has 1 amide bonds. The van der Waals surface area contributed by atoms with E-state index in [1.54, 1.807) is 48.8 Å². The zero-order valence-corrected chi connectivity index (χ0v) is 20.6. The summed E-state index contributed by atoms with van der Waals surface area (Å²) in [7, 11) is 1.55. The molecule has 190 valence electrons. The Labute approximate surface area is 212 Å². The summed E-state index contributed by atoms with van der Waals surface area (Å²) in [4.78, 5) is 31.1. The van der Waals surface area contributed by atoms with Crippen LogP contribution in [0.15, 0.2) is 42.9 Å². The summed E-state index contributed by atoms with van der Waals surface area (Å²) in [6.07, 6.45) is 10.2. The molecule has 0 radical (unpaired) electrons. The number of anilines is 5. The Bertz CT molecular complexity index is 1450. The van der Waals surface area contributed by atoms with Gasteiger partial charge >= 0.3 is 0 Å². The Kier molecular flexibility index (Phi) is 5.82. The van der Waals surface area contributed by atoms with E-state index in [0.29, 0.717) is 45.6 Å². The topological polar surface area (TPSA) is 112 Å². The maximum Gasteiger partial charge on any atom is 0.254 e. The Balaban J connectivity index is 1.43. The van der Waals surface area contributed by atoms with E-state index in [4.69, 9.17) is 9.72 Å². The summed E-state index contributed by atoms with van der Waals surface area (Å²) in [6.45, 7) is 1.92. The third-order valence-electron chi connectivity index (χ3n) is 7.14. The lowest BCUT2D eigenvalue weighted by atomic mass is 9.92. The van der Waals surface area contributed by atoms with Crippen LogP contribution in [-0.2, 0) is 4.79 Å². The largest absolute Gasteiger partial charge is 0.481 e. The zero-order chi connectivity index (χ0) is 25.5. The lowest BCUT2D eigenvalue weighted by Gasteiger charge is -2.45. The molecule has 2 aliphatic rings. The van der Waals surface area contributed by atoms with E-state index < -0.39 is 11.9 Å². The summed E-state index contributed by atoms with van der Waals surface area (Å²) >= 11 is 0. The molecule has 1 aliphatic heterocycles. The molecular weight excluding hydrogens is 475 g/mol. The van der Waals surface area contributed by atoms with Crippen LogP contribution in [0.2, 0.25) is 0 Å². The van der Waals surface area contributed by atoms with Gasteiger partial charge in [0.05, 0.1) is 31.4 Å². The lowest BCUT2D eigenvalue weighted by Crippen LogP contribution is -2.55. The number of hydrogen-bond donors (Lipinski definition) is 2. The first-order valence-electron chi connectivity index (χ1n) is 12.4. The molecule has 0 bridgehead atoms. The van der Waals surface area contributed by atoms with Crippen molar-refractivity contribution < 1.29 is 13.9 Å². The van der Waals surface area contributed by atoms with Gasteiger partial charge in [-0.1, -0.05) is 19.3 Å². The van der Waals surface area contributed by atoms with Gasteiger partial charge in [-0.25, -0.2) is 14.4 Å². The first-order valence-corrected chi connectivity index (χ1v) is 12.4. The molecule has 1 fully saturated rings. The molecule has 1 aromatic carbocycles. The number of hydrogen-bond acceptors (Lipinski definition) is 8. The molecule has 1 atom stereocenters. The van der Waals surface area contributed by atoms with Crippen LogP contribution in [0.3, 0.4) is 0 Å². The minimum atomic E-state index is -0.430. The number of amides is 1. The van der Waals surface area contributed by atoms with E-state index in [2.05, 4.69) is 30.4 Å². The maximum absolute atomic E-state index is 14.5. The summed E-state index contributed by atoms with van der Waals surface area (Å²) < 4.78 is 19.7. The summed E-state index contributed by atoms with van der Waals surface area (Å²) in [6, 6.07) is 6.45. The van der Waals surface area contributed by atoms with E-state index in [1.165, 1.54) is 12.5 Å². The van der Waals surface area contributed by atoms with Crippen LogP contribution in [0.1, 0.15) is 39.0 Å². The van der Waals surface area contributed by atoms with Crippen LogP contribution in [0.4, 0.5) is 33.2 Å². The number of ether oxygens (including phenoxy) is 1. The van der Waals surface area contributed by atoms with Crippen LogP contribution < -0.4 is 19.9 Å². The van der Waals surface area contributed by atoms with Crippen molar-refractivity contribution in [1.82, 2.24) is 25.1 Å². The first-order chi connectivity index (χ1) is 18.0. The van der Waals surface area contributed by atoms with Crippen molar-refractivity contribution in [1.29, 1.82) is 0 Å². The second-order valence-corrected chi connectivity index (χ2v) is 9.43. The lowest BCUT2D eigenvalue weighted by molar-refractivity contribution is -0.119. The quantitative estimate of drug-likeness (QED) is 0.399. The molecule has 0 spiro atoms. The fourth-order valence-corrected chi connectivity index (χ4v) is 5.34. The summed E-state index contributed by atoms with van der Waals surface area (Å²) in [5, 5.41) is 10.3. The van der Waals surface area contributed by atoms with Gasteiger partial charge < -0.3 is 15.0 Å². The van der Waals surface area contributed by atoms with Gasteiger partial charge in [-0.3, -0.25) is 14.8 Å². The standard InChI is InChI=1S/C26H27FN8O2/c1-15-25(36)35(19-8-9-22(37-2)28-13-19)21-14-29-26(32-24(21)34(15)18-6-4-3-5-7-18)31-17-10-16-12-30-33-23(16)20(27)11-17/h8-15,18H,3-7H2,1-2H3,(H,30,33)(H,29,31,32)/t15-/m1/s1. The predicted molar refractivity (Wildman–Crippen MR) is 138 cm³/mol. The Morgan fingerprint density at radius 1 is 1.11 bits per heavy atom. The smallest absolute Gasteiger partial charge is 0.254 e. The minimum absolute atomic E-state index is 0.0678. The number of rotatable bonds is 5. The normalized spacial score (nSPS) is 18.2. The van der Waals surface area contributed by atoms with Gasteiger partial charge in [0.25, 0.3) is 5.91 Å². The number of methoxy groups -OCH3 is 1. The van der Waals surface area contributed by atoms with Crippen LogP contribution in [0, 0.1) is 5.82 Å². The number of pyridine rings is 1.